The molecule has 0 radical (unpaired) electrons. The lowest BCUT2D eigenvalue weighted by molar-refractivity contribution is -0.920. The van der Waals surface area contributed by atoms with E-state index in [4.69, 9.17) is 0 Å². The molecule has 3 nitrogen and oxygen atoms in total. The molecule has 0 saturated carbocycles. The van der Waals surface area contributed by atoms with Gasteiger partial charge >= 0.3 is 0 Å². The number of rotatable bonds is 5. The summed E-state index contributed by atoms with van der Waals surface area (Å²) in [4.78, 5) is 13.9. The van der Waals surface area contributed by atoms with Crippen LogP contribution in [-0.4, -0.2) is 30.8 Å². The van der Waals surface area contributed by atoms with Crippen molar-refractivity contribution in [1.82, 2.24) is 0 Å². The average Bonchev–Trinajstić information content (AvgIpc) is 2.43. The summed E-state index contributed by atoms with van der Waals surface area (Å²) in [6.45, 7) is 3.69. The number of hydrogen-bond acceptors (Lipinski definition) is 2. The first-order valence-electron chi connectivity index (χ1n) is 7.24. The smallest absolute Gasteiger partial charge is 0.288 e. The van der Waals surface area contributed by atoms with Crippen molar-refractivity contribution in [3.63, 3.8) is 0 Å². The van der Waals surface area contributed by atoms with E-state index in [0.717, 1.165) is 6.54 Å². The van der Waals surface area contributed by atoms with Crippen molar-refractivity contribution in [1.29, 1.82) is 0 Å². The Hall–Kier alpha value is -1.14. The minimum absolute atomic E-state index is 0.0204. The SMILES string of the molecule is C[C@H]1CCCC[NH+]1CC(=O)Nc1ccc(SC(F)F)cc1. The summed E-state index contributed by atoms with van der Waals surface area (Å²) >= 11 is 0.505. The van der Waals surface area contributed by atoms with Crippen LogP contribution in [-0.2, 0) is 4.79 Å². The lowest BCUT2D eigenvalue weighted by Gasteiger charge is -2.29. The number of carbonyl (C=O) groups is 1. The molecule has 1 amide bonds. The molecule has 1 aliphatic rings. The summed E-state index contributed by atoms with van der Waals surface area (Å²) in [5.74, 6) is -2.44. The van der Waals surface area contributed by atoms with E-state index in [0.29, 0.717) is 34.9 Å². The predicted molar refractivity (Wildman–Crippen MR) is 80.9 cm³/mol. The Bertz CT molecular complexity index is 467. The Morgan fingerprint density at radius 3 is 2.71 bits per heavy atom. The molecule has 2 N–H and O–H groups in total. The van der Waals surface area contributed by atoms with Gasteiger partial charge in [0.1, 0.15) is 0 Å². The third kappa shape index (κ3) is 5.28. The van der Waals surface area contributed by atoms with Crippen LogP contribution in [0.4, 0.5) is 14.5 Å². The first-order chi connectivity index (χ1) is 10.0. The molecule has 1 aromatic carbocycles. The highest BCUT2D eigenvalue weighted by molar-refractivity contribution is 7.99. The lowest BCUT2D eigenvalue weighted by atomic mass is 10.0. The number of alkyl halides is 2. The number of quaternary nitrogens is 1. The van der Waals surface area contributed by atoms with Gasteiger partial charge in [-0.2, -0.15) is 8.78 Å². The van der Waals surface area contributed by atoms with E-state index in [1.165, 1.54) is 24.2 Å². The summed E-state index contributed by atoms with van der Waals surface area (Å²) in [6, 6.07) is 7.05. The normalized spacial score (nSPS) is 22.3. The summed E-state index contributed by atoms with van der Waals surface area (Å²) < 4.78 is 24.4. The van der Waals surface area contributed by atoms with Crippen molar-refractivity contribution >= 4 is 23.4 Å². The van der Waals surface area contributed by atoms with Gasteiger partial charge in [0.25, 0.3) is 11.7 Å². The van der Waals surface area contributed by atoms with Gasteiger partial charge in [0.2, 0.25) is 0 Å². The molecule has 116 valence electrons. The van der Waals surface area contributed by atoms with Crippen LogP contribution >= 0.6 is 11.8 Å². The fraction of sp³-hybridized carbons (Fsp3) is 0.533. The molecular weight excluding hydrogens is 294 g/mol. The standard InChI is InChI=1S/C15H20F2N2OS/c1-11-4-2-3-9-19(11)10-14(20)18-12-5-7-13(8-6-12)21-15(16)17/h5-8,11,15H,2-4,9-10H2,1H3,(H,18,20)/p+1/t11-/m0/s1. The molecule has 0 aliphatic carbocycles. The van der Waals surface area contributed by atoms with Crippen LogP contribution in [0.3, 0.4) is 0 Å². The summed E-state index contributed by atoms with van der Waals surface area (Å²) in [5.41, 5.74) is 0.655. The van der Waals surface area contributed by atoms with Crippen LogP contribution < -0.4 is 10.2 Å². The molecular formula is C15H21F2N2OS+. The number of anilines is 1. The van der Waals surface area contributed by atoms with Crippen LogP contribution in [0.15, 0.2) is 29.2 Å². The highest BCUT2D eigenvalue weighted by atomic mass is 32.2. The van der Waals surface area contributed by atoms with Crippen molar-refractivity contribution in [2.24, 2.45) is 0 Å². The number of halogens is 2. The highest BCUT2D eigenvalue weighted by Crippen LogP contribution is 2.26. The molecule has 1 heterocycles. The van der Waals surface area contributed by atoms with Crippen molar-refractivity contribution < 1.29 is 18.5 Å². The second-order valence-electron chi connectivity index (χ2n) is 5.43. The predicted octanol–water partition coefficient (Wildman–Crippen LogP) is 2.40. The van der Waals surface area contributed by atoms with E-state index in [1.807, 2.05) is 0 Å². The van der Waals surface area contributed by atoms with Gasteiger partial charge in [-0.15, -0.1) is 0 Å². The van der Waals surface area contributed by atoms with Crippen LogP contribution in [0.1, 0.15) is 26.2 Å². The summed E-state index contributed by atoms with van der Waals surface area (Å²) in [5, 5.41) is 2.83. The van der Waals surface area contributed by atoms with Gasteiger partial charge in [-0.1, -0.05) is 11.8 Å². The van der Waals surface area contributed by atoms with Crippen molar-refractivity contribution in [2.45, 2.75) is 42.9 Å². The molecule has 0 aromatic heterocycles. The van der Waals surface area contributed by atoms with Crippen LogP contribution in [0.2, 0.25) is 0 Å². The van der Waals surface area contributed by atoms with E-state index in [9.17, 15) is 13.6 Å². The number of carbonyl (C=O) groups excluding carboxylic acids is 1. The molecule has 0 spiro atoms. The van der Waals surface area contributed by atoms with Gasteiger partial charge in [0, 0.05) is 10.6 Å². The summed E-state index contributed by atoms with van der Waals surface area (Å²) in [7, 11) is 0. The largest absolute Gasteiger partial charge is 0.325 e. The number of benzene rings is 1. The van der Waals surface area contributed by atoms with Gasteiger partial charge in [-0.05, 0) is 50.5 Å². The molecule has 1 unspecified atom stereocenters. The van der Waals surface area contributed by atoms with E-state index in [2.05, 4.69) is 12.2 Å². The van der Waals surface area contributed by atoms with E-state index in [1.54, 1.807) is 24.3 Å². The summed E-state index contributed by atoms with van der Waals surface area (Å²) in [6.07, 6.45) is 3.59. The van der Waals surface area contributed by atoms with Crippen LogP contribution in [0.5, 0.6) is 0 Å². The minimum atomic E-state index is -2.42. The Morgan fingerprint density at radius 2 is 2.10 bits per heavy atom. The molecule has 1 aliphatic heterocycles. The van der Waals surface area contributed by atoms with Crippen LogP contribution in [0.25, 0.3) is 0 Å². The fourth-order valence-electron chi connectivity index (χ4n) is 2.65. The second-order valence-corrected chi connectivity index (χ2v) is 6.50. The molecule has 6 heteroatoms. The number of amides is 1. The molecule has 1 aromatic rings. The molecule has 0 bridgehead atoms. The maximum absolute atomic E-state index is 12.2. The number of likely N-dealkylation sites (tertiary alicyclic amines) is 1. The van der Waals surface area contributed by atoms with Crippen molar-refractivity contribution in [3.8, 4) is 0 Å². The number of hydrogen-bond donors (Lipinski definition) is 2. The molecule has 21 heavy (non-hydrogen) atoms. The van der Waals surface area contributed by atoms with Gasteiger partial charge in [0.05, 0.1) is 12.6 Å². The number of thioether (sulfide) groups is 1. The van der Waals surface area contributed by atoms with Gasteiger partial charge < -0.3 is 10.2 Å². The Kier molecular flexibility index (Phi) is 5.99. The number of piperidine rings is 1. The number of nitrogens with one attached hydrogen (secondary N) is 2. The molecule has 2 rings (SSSR count). The quantitative estimate of drug-likeness (QED) is 0.818. The monoisotopic (exact) mass is 315 g/mol. The van der Waals surface area contributed by atoms with Crippen molar-refractivity contribution in [2.75, 3.05) is 18.4 Å². The maximum Gasteiger partial charge on any atom is 0.288 e. The van der Waals surface area contributed by atoms with Gasteiger partial charge in [-0.3, -0.25) is 4.79 Å². The Balaban J connectivity index is 1.84. The first kappa shape index (κ1) is 16.2. The highest BCUT2D eigenvalue weighted by Gasteiger charge is 2.24. The third-order valence-corrected chi connectivity index (χ3v) is 4.56. The Labute approximate surface area is 128 Å². The van der Waals surface area contributed by atoms with E-state index in [-0.39, 0.29) is 5.91 Å². The molecule has 1 saturated heterocycles. The topological polar surface area (TPSA) is 33.5 Å². The average molecular weight is 315 g/mol. The third-order valence-electron chi connectivity index (χ3n) is 3.83. The second kappa shape index (κ2) is 7.75. The van der Waals surface area contributed by atoms with Crippen LogP contribution in [0, 0.1) is 0 Å². The molecule has 1 fully saturated rings. The maximum atomic E-state index is 12.2. The zero-order valence-corrected chi connectivity index (χ0v) is 12.9. The van der Waals surface area contributed by atoms with E-state index < -0.39 is 5.76 Å². The zero-order chi connectivity index (χ0) is 15.2. The minimum Gasteiger partial charge on any atom is -0.325 e. The van der Waals surface area contributed by atoms with Crippen molar-refractivity contribution in [3.05, 3.63) is 24.3 Å². The van der Waals surface area contributed by atoms with Gasteiger partial charge in [-0.25, -0.2) is 0 Å². The zero-order valence-electron chi connectivity index (χ0n) is 12.1. The lowest BCUT2D eigenvalue weighted by Crippen LogP contribution is -3.17. The van der Waals surface area contributed by atoms with Gasteiger partial charge in [0.15, 0.2) is 6.54 Å². The Morgan fingerprint density at radius 1 is 1.38 bits per heavy atom. The fourth-order valence-corrected chi connectivity index (χ4v) is 3.15. The van der Waals surface area contributed by atoms with E-state index >= 15 is 0 Å². The molecule has 2 atom stereocenters. The first-order valence-corrected chi connectivity index (χ1v) is 8.12.